The van der Waals surface area contributed by atoms with E-state index in [9.17, 15) is 9.59 Å². The first kappa shape index (κ1) is 17.2. The summed E-state index contributed by atoms with van der Waals surface area (Å²) in [6, 6.07) is 9.41. The van der Waals surface area contributed by atoms with Crippen LogP contribution < -0.4 is 5.32 Å². The molecule has 2 atom stereocenters. The lowest BCUT2D eigenvalue weighted by atomic mass is 10.2. The van der Waals surface area contributed by atoms with Crippen LogP contribution in [0.15, 0.2) is 35.3 Å². The number of rotatable bonds is 4. The van der Waals surface area contributed by atoms with Crippen LogP contribution >= 0.6 is 11.8 Å². The quantitative estimate of drug-likeness (QED) is 0.852. The number of nitrogens with zero attached hydrogens (tertiary/aromatic N) is 4. The molecular weight excluding hydrogens is 342 g/mol. The van der Waals surface area contributed by atoms with Gasteiger partial charge in [0.05, 0.1) is 11.7 Å². The smallest absolute Gasteiger partial charge is 0.358 e. The first-order valence-electron chi connectivity index (χ1n) is 7.69. The van der Waals surface area contributed by atoms with Crippen LogP contribution in [0.1, 0.15) is 28.7 Å². The highest BCUT2D eigenvalue weighted by atomic mass is 32.2. The zero-order chi connectivity index (χ0) is 18.0. The fourth-order valence-corrected chi connectivity index (χ4v) is 3.63. The molecule has 1 aromatic carbocycles. The number of carbonyl (C=O) groups is 2. The monoisotopic (exact) mass is 359 g/mol. The Balaban J connectivity index is 1.67. The largest absolute Gasteiger partial charge is 0.476 e. The third-order valence-electron chi connectivity index (χ3n) is 3.83. The molecule has 0 fully saturated rings. The summed E-state index contributed by atoms with van der Waals surface area (Å²) >= 11 is 1.26. The van der Waals surface area contributed by atoms with Gasteiger partial charge in [0.15, 0.2) is 10.9 Å². The predicted molar refractivity (Wildman–Crippen MR) is 93.7 cm³/mol. The second kappa shape index (κ2) is 7.06. The maximum Gasteiger partial charge on any atom is 0.358 e. The molecule has 9 heteroatoms. The molecular formula is C16H17N5O3S. The van der Waals surface area contributed by atoms with Gasteiger partial charge in [0.25, 0.3) is 0 Å². The van der Waals surface area contributed by atoms with Crippen LogP contribution in [0.2, 0.25) is 0 Å². The van der Waals surface area contributed by atoms with Crippen molar-refractivity contribution >= 4 is 28.8 Å². The maximum atomic E-state index is 12.5. The van der Waals surface area contributed by atoms with E-state index in [0.717, 1.165) is 5.56 Å². The minimum Gasteiger partial charge on any atom is -0.476 e. The van der Waals surface area contributed by atoms with Gasteiger partial charge in [-0.05, 0) is 19.4 Å². The topological polar surface area (TPSA) is 109 Å². The van der Waals surface area contributed by atoms with E-state index in [0.29, 0.717) is 17.4 Å². The van der Waals surface area contributed by atoms with Gasteiger partial charge >= 0.3 is 5.97 Å². The number of carboxylic acid groups (broad SMARTS) is 1. The Bertz CT molecular complexity index is 834. The average molecular weight is 359 g/mol. The molecule has 1 aromatic heterocycles. The summed E-state index contributed by atoms with van der Waals surface area (Å²) in [4.78, 5) is 28.0. The lowest BCUT2D eigenvalue weighted by Gasteiger charge is -2.13. The van der Waals surface area contributed by atoms with Gasteiger partial charge < -0.3 is 10.4 Å². The highest BCUT2D eigenvalue weighted by Crippen LogP contribution is 2.28. The van der Waals surface area contributed by atoms with E-state index >= 15 is 0 Å². The molecule has 1 aliphatic rings. The Morgan fingerprint density at radius 1 is 1.32 bits per heavy atom. The first-order chi connectivity index (χ1) is 12.0. The molecule has 2 unspecified atom stereocenters. The normalized spacial score (nSPS) is 19.5. The molecule has 0 saturated heterocycles. The summed E-state index contributed by atoms with van der Waals surface area (Å²) < 4.78 is 1.37. The minimum atomic E-state index is -1.14. The molecule has 2 heterocycles. The molecule has 0 radical (unpaired) electrons. The van der Waals surface area contributed by atoms with Crippen molar-refractivity contribution in [3.05, 3.63) is 47.3 Å². The fourth-order valence-electron chi connectivity index (χ4n) is 2.46. The molecule has 1 amide bonds. The van der Waals surface area contributed by atoms with E-state index in [1.54, 1.807) is 6.92 Å². The molecule has 0 saturated carbocycles. The fraction of sp³-hybridized carbons (Fsp3) is 0.312. The van der Waals surface area contributed by atoms with Crippen molar-refractivity contribution in [3.63, 3.8) is 0 Å². The van der Waals surface area contributed by atoms with Gasteiger partial charge in [0.1, 0.15) is 5.25 Å². The number of nitrogens with one attached hydrogen (secondary N) is 1. The highest BCUT2D eigenvalue weighted by molar-refractivity contribution is 8.15. The van der Waals surface area contributed by atoms with Crippen molar-refractivity contribution in [2.24, 2.45) is 4.99 Å². The van der Waals surface area contributed by atoms with Gasteiger partial charge in [0, 0.05) is 6.54 Å². The summed E-state index contributed by atoms with van der Waals surface area (Å²) in [6.45, 7) is 3.90. The standard InChI is InChI=1S/C16H17N5O3S/c1-9-13(14(22)17-8-11-6-4-3-5-7-11)25-16(18-9)21-10(2)12(15(23)24)19-20-21/h3-7,9,13H,8H2,1-2H3,(H,17,22)(H,23,24). The molecule has 8 nitrogen and oxygen atoms in total. The summed E-state index contributed by atoms with van der Waals surface area (Å²) in [5.41, 5.74) is 1.29. The zero-order valence-corrected chi connectivity index (χ0v) is 14.5. The van der Waals surface area contributed by atoms with E-state index < -0.39 is 11.2 Å². The molecule has 2 aromatic rings. The number of hydrogen-bond acceptors (Lipinski definition) is 6. The van der Waals surface area contributed by atoms with Crippen LogP contribution in [0.3, 0.4) is 0 Å². The lowest BCUT2D eigenvalue weighted by Crippen LogP contribution is -2.36. The number of carboxylic acids is 1. The molecule has 2 N–H and O–H groups in total. The summed E-state index contributed by atoms with van der Waals surface area (Å²) in [6.07, 6.45) is 0. The summed E-state index contributed by atoms with van der Waals surface area (Å²) in [5, 5.41) is 19.6. The van der Waals surface area contributed by atoms with Crippen molar-refractivity contribution in [1.29, 1.82) is 0 Å². The van der Waals surface area contributed by atoms with Crippen molar-refractivity contribution < 1.29 is 14.7 Å². The van der Waals surface area contributed by atoms with E-state index in [2.05, 4.69) is 20.6 Å². The predicted octanol–water partition coefficient (Wildman–Crippen LogP) is 1.31. The van der Waals surface area contributed by atoms with Gasteiger partial charge in [-0.1, -0.05) is 47.3 Å². The highest BCUT2D eigenvalue weighted by Gasteiger charge is 2.35. The molecule has 3 rings (SSSR count). The van der Waals surface area contributed by atoms with Gasteiger partial charge in [-0.25, -0.2) is 4.79 Å². The Morgan fingerprint density at radius 3 is 2.68 bits per heavy atom. The van der Waals surface area contributed by atoms with Crippen LogP contribution in [0, 0.1) is 6.92 Å². The van der Waals surface area contributed by atoms with Crippen LogP contribution in [-0.4, -0.2) is 48.4 Å². The van der Waals surface area contributed by atoms with Crippen molar-refractivity contribution in [1.82, 2.24) is 20.3 Å². The zero-order valence-electron chi connectivity index (χ0n) is 13.7. The number of benzene rings is 1. The van der Waals surface area contributed by atoms with E-state index in [4.69, 9.17) is 5.11 Å². The van der Waals surface area contributed by atoms with Crippen molar-refractivity contribution in [2.45, 2.75) is 31.7 Å². The number of aromatic carboxylic acids is 1. The molecule has 130 valence electrons. The van der Waals surface area contributed by atoms with Crippen LogP contribution in [-0.2, 0) is 11.3 Å². The van der Waals surface area contributed by atoms with Gasteiger partial charge in [-0.3, -0.25) is 9.79 Å². The Hall–Kier alpha value is -2.68. The number of amides is 1. The van der Waals surface area contributed by atoms with E-state index in [-0.39, 0.29) is 17.6 Å². The van der Waals surface area contributed by atoms with Gasteiger partial charge in [-0.2, -0.15) is 4.68 Å². The van der Waals surface area contributed by atoms with E-state index in [1.807, 2.05) is 37.3 Å². The molecule has 25 heavy (non-hydrogen) atoms. The first-order valence-corrected chi connectivity index (χ1v) is 8.57. The number of aromatic nitrogens is 3. The SMILES string of the molecule is Cc1c(C(=O)O)nnn1C1=NC(C)C(C(=O)NCc2ccccc2)S1. The van der Waals surface area contributed by atoms with Crippen LogP contribution in [0.4, 0.5) is 0 Å². The molecule has 0 bridgehead atoms. The Morgan fingerprint density at radius 2 is 2.04 bits per heavy atom. The number of hydrogen-bond donors (Lipinski definition) is 2. The van der Waals surface area contributed by atoms with Crippen LogP contribution in [0.25, 0.3) is 0 Å². The second-order valence-corrected chi connectivity index (χ2v) is 6.74. The average Bonchev–Trinajstić information content (AvgIpc) is 3.16. The number of carbonyl (C=O) groups excluding carboxylic acids is 1. The van der Waals surface area contributed by atoms with Gasteiger partial charge in [0.2, 0.25) is 5.91 Å². The van der Waals surface area contributed by atoms with E-state index in [1.165, 1.54) is 16.4 Å². The van der Waals surface area contributed by atoms with Crippen LogP contribution in [0.5, 0.6) is 0 Å². The molecule has 0 spiro atoms. The lowest BCUT2D eigenvalue weighted by molar-refractivity contribution is -0.120. The van der Waals surface area contributed by atoms with Gasteiger partial charge in [-0.15, -0.1) is 5.10 Å². The Labute approximate surface area is 148 Å². The third-order valence-corrected chi connectivity index (χ3v) is 5.18. The second-order valence-electron chi connectivity index (χ2n) is 5.63. The molecule has 1 aliphatic heterocycles. The van der Waals surface area contributed by atoms with Crippen molar-refractivity contribution in [3.8, 4) is 0 Å². The Kier molecular flexibility index (Phi) is 4.84. The number of aliphatic imine (C=N–C) groups is 1. The minimum absolute atomic E-state index is 0.115. The summed E-state index contributed by atoms with van der Waals surface area (Å²) in [7, 11) is 0. The van der Waals surface area contributed by atoms with Crippen molar-refractivity contribution in [2.75, 3.05) is 0 Å². The molecule has 0 aliphatic carbocycles. The summed E-state index contributed by atoms with van der Waals surface area (Å²) in [5.74, 6) is -1.26. The third kappa shape index (κ3) is 3.55. The maximum absolute atomic E-state index is 12.5. The number of thioether (sulfide) groups is 1.